The fraction of sp³-hybridized carbons (Fsp3) is 0.500. The quantitative estimate of drug-likeness (QED) is 0.730. The van der Waals surface area contributed by atoms with E-state index in [1.807, 2.05) is 24.0 Å². The standard InChI is InChI=1S/C24H29FN2O3/c1-18-22(3-2-12-26-18)23(28)27-13-10-24(11-14-27)17-19(9-16-30-24)8-15-29-21-6-4-20(25)5-7-21/h2-7,12,19H,8-11,13-17H2,1H3. The van der Waals surface area contributed by atoms with Crippen LogP contribution in [-0.2, 0) is 4.74 Å². The number of piperidine rings is 1. The van der Waals surface area contributed by atoms with E-state index in [0.29, 0.717) is 36.9 Å². The highest BCUT2D eigenvalue weighted by molar-refractivity contribution is 5.95. The minimum Gasteiger partial charge on any atom is -0.494 e. The van der Waals surface area contributed by atoms with E-state index in [0.717, 1.165) is 44.4 Å². The van der Waals surface area contributed by atoms with Gasteiger partial charge in [-0.25, -0.2) is 4.39 Å². The Morgan fingerprint density at radius 3 is 2.77 bits per heavy atom. The van der Waals surface area contributed by atoms with Crippen molar-refractivity contribution in [3.63, 3.8) is 0 Å². The molecule has 1 unspecified atom stereocenters. The summed E-state index contributed by atoms with van der Waals surface area (Å²) in [6.07, 6.45) is 6.45. The maximum Gasteiger partial charge on any atom is 0.255 e. The largest absolute Gasteiger partial charge is 0.494 e. The molecule has 2 aliphatic heterocycles. The highest BCUT2D eigenvalue weighted by atomic mass is 19.1. The van der Waals surface area contributed by atoms with Crippen LogP contribution < -0.4 is 4.74 Å². The summed E-state index contributed by atoms with van der Waals surface area (Å²) in [5.74, 6) is 1.06. The van der Waals surface area contributed by atoms with Crippen molar-refractivity contribution in [1.82, 2.24) is 9.88 Å². The lowest BCUT2D eigenvalue weighted by Crippen LogP contribution is -2.51. The SMILES string of the molecule is Cc1ncccc1C(=O)N1CCC2(CC1)CC(CCOc1ccc(F)cc1)CCO2. The molecule has 5 nitrogen and oxygen atoms in total. The number of aryl methyl sites for hydroxylation is 1. The van der Waals surface area contributed by atoms with Crippen LogP contribution in [0, 0.1) is 18.7 Å². The number of pyridine rings is 1. The second-order valence-corrected chi connectivity index (χ2v) is 8.41. The van der Waals surface area contributed by atoms with Gasteiger partial charge in [-0.05, 0) is 81.3 Å². The monoisotopic (exact) mass is 412 g/mol. The molecule has 2 aromatic rings. The van der Waals surface area contributed by atoms with Crippen LogP contribution in [0.3, 0.4) is 0 Å². The van der Waals surface area contributed by atoms with Crippen LogP contribution in [0.15, 0.2) is 42.6 Å². The first kappa shape index (κ1) is 20.8. The zero-order chi connectivity index (χ0) is 21.0. The highest BCUT2D eigenvalue weighted by Crippen LogP contribution is 2.39. The second-order valence-electron chi connectivity index (χ2n) is 8.41. The number of halogens is 1. The van der Waals surface area contributed by atoms with Crippen molar-refractivity contribution in [1.29, 1.82) is 0 Å². The first-order valence-corrected chi connectivity index (χ1v) is 10.8. The molecule has 4 rings (SSSR count). The molecule has 1 aromatic heterocycles. The van der Waals surface area contributed by atoms with Crippen molar-refractivity contribution < 1.29 is 18.7 Å². The summed E-state index contributed by atoms with van der Waals surface area (Å²) in [6, 6.07) is 9.83. The number of nitrogens with zero attached hydrogens (tertiary/aromatic N) is 2. The van der Waals surface area contributed by atoms with Gasteiger partial charge in [-0.3, -0.25) is 9.78 Å². The number of benzene rings is 1. The van der Waals surface area contributed by atoms with Crippen molar-refractivity contribution >= 4 is 5.91 Å². The van der Waals surface area contributed by atoms with Gasteiger partial charge in [0, 0.05) is 31.6 Å². The van der Waals surface area contributed by atoms with Crippen molar-refractivity contribution in [2.45, 2.75) is 44.6 Å². The van der Waals surface area contributed by atoms with Gasteiger partial charge >= 0.3 is 0 Å². The Morgan fingerprint density at radius 2 is 2.03 bits per heavy atom. The third-order valence-corrected chi connectivity index (χ3v) is 6.40. The molecule has 2 aliphatic rings. The number of rotatable bonds is 5. The molecule has 1 aromatic carbocycles. The first-order chi connectivity index (χ1) is 14.5. The molecule has 1 atom stereocenters. The molecule has 30 heavy (non-hydrogen) atoms. The van der Waals surface area contributed by atoms with Crippen LogP contribution in [-0.4, -0.2) is 47.7 Å². The highest BCUT2D eigenvalue weighted by Gasteiger charge is 2.41. The van der Waals surface area contributed by atoms with E-state index in [1.54, 1.807) is 18.3 Å². The Labute approximate surface area is 177 Å². The Balaban J connectivity index is 1.27. The molecule has 1 spiro atoms. The van der Waals surface area contributed by atoms with E-state index in [9.17, 15) is 9.18 Å². The number of aromatic nitrogens is 1. The van der Waals surface area contributed by atoms with Gasteiger partial charge in [-0.15, -0.1) is 0 Å². The minimum atomic E-state index is -0.253. The van der Waals surface area contributed by atoms with Crippen molar-refractivity contribution in [2.24, 2.45) is 5.92 Å². The van der Waals surface area contributed by atoms with E-state index >= 15 is 0 Å². The summed E-state index contributed by atoms with van der Waals surface area (Å²) < 4.78 is 25.0. The van der Waals surface area contributed by atoms with Gasteiger partial charge in [0.2, 0.25) is 0 Å². The maximum absolute atomic E-state index is 13.0. The smallest absolute Gasteiger partial charge is 0.255 e. The van der Waals surface area contributed by atoms with Crippen molar-refractivity contribution in [3.8, 4) is 5.75 Å². The molecular formula is C24H29FN2O3. The van der Waals surface area contributed by atoms with Crippen molar-refractivity contribution in [2.75, 3.05) is 26.3 Å². The summed E-state index contributed by atoms with van der Waals surface area (Å²) in [7, 11) is 0. The van der Waals surface area contributed by atoms with Gasteiger partial charge in [0.15, 0.2) is 0 Å². The molecule has 3 heterocycles. The topological polar surface area (TPSA) is 51.7 Å². The molecular weight excluding hydrogens is 383 g/mol. The Kier molecular flexibility index (Phi) is 6.32. The molecule has 2 fully saturated rings. The molecule has 0 bridgehead atoms. The van der Waals surface area contributed by atoms with E-state index in [-0.39, 0.29) is 17.3 Å². The predicted molar refractivity (Wildman–Crippen MR) is 112 cm³/mol. The molecule has 1 amide bonds. The fourth-order valence-corrected chi connectivity index (χ4v) is 4.60. The fourth-order valence-electron chi connectivity index (χ4n) is 4.60. The zero-order valence-electron chi connectivity index (χ0n) is 17.5. The summed E-state index contributed by atoms with van der Waals surface area (Å²) in [5, 5.41) is 0. The van der Waals surface area contributed by atoms with E-state index in [4.69, 9.17) is 9.47 Å². The number of amides is 1. The molecule has 160 valence electrons. The number of carbonyl (C=O) groups is 1. The predicted octanol–water partition coefficient (Wildman–Crippen LogP) is 4.40. The number of hydrogen-bond acceptors (Lipinski definition) is 4. The van der Waals surface area contributed by atoms with Crippen LogP contribution in [0.2, 0.25) is 0 Å². The average Bonchev–Trinajstić information content (AvgIpc) is 2.76. The summed E-state index contributed by atoms with van der Waals surface area (Å²) in [5.41, 5.74) is 1.34. The van der Waals surface area contributed by atoms with E-state index < -0.39 is 0 Å². The van der Waals surface area contributed by atoms with Gasteiger partial charge in [0.1, 0.15) is 11.6 Å². The van der Waals surface area contributed by atoms with E-state index in [1.165, 1.54) is 12.1 Å². The van der Waals surface area contributed by atoms with Crippen LogP contribution in [0.5, 0.6) is 5.75 Å². The van der Waals surface area contributed by atoms with Gasteiger partial charge in [-0.1, -0.05) is 0 Å². The molecule has 0 saturated carbocycles. The lowest BCUT2D eigenvalue weighted by atomic mass is 9.78. The lowest BCUT2D eigenvalue weighted by Gasteiger charge is -2.46. The number of carbonyl (C=O) groups excluding carboxylic acids is 1. The third kappa shape index (κ3) is 4.81. The number of ether oxygens (including phenoxy) is 2. The Bertz CT molecular complexity index is 863. The lowest BCUT2D eigenvalue weighted by molar-refractivity contribution is -0.125. The molecule has 2 saturated heterocycles. The van der Waals surface area contributed by atoms with Gasteiger partial charge in [-0.2, -0.15) is 0 Å². The first-order valence-electron chi connectivity index (χ1n) is 10.8. The maximum atomic E-state index is 13.0. The van der Waals surface area contributed by atoms with Crippen molar-refractivity contribution in [3.05, 3.63) is 59.7 Å². The molecule has 0 aliphatic carbocycles. The van der Waals surface area contributed by atoms with Gasteiger partial charge < -0.3 is 14.4 Å². The van der Waals surface area contributed by atoms with Gasteiger partial charge in [0.05, 0.1) is 17.8 Å². The van der Waals surface area contributed by atoms with E-state index in [2.05, 4.69) is 4.98 Å². The zero-order valence-corrected chi connectivity index (χ0v) is 17.5. The van der Waals surface area contributed by atoms with Crippen LogP contribution >= 0.6 is 0 Å². The van der Waals surface area contributed by atoms with Crippen LogP contribution in [0.25, 0.3) is 0 Å². The molecule has 6 heteroatoms. The van der Waals surface area contributed by atoms with Gasteiger partial charge in [0.25, 0.3) is 5.91 Å². The normalized spacial score (nSPS) is 20.9. The molecule has 0 radical (unpaired) electrons. The average molecular weight is 413 g/mol. The minimum absolute atomic E-state index is 0.0653. The molecule has 0 N–H and O–H groups in total. The summed E-state index contributed by atoms with van der Waals surface area (Å²) in [4.78, 5) is 19.0. The number of hydrogen-bond donors (Lipinski definition) is 0. The third-order valence-electron chi connectivity index (χ3n) is 6.40. The Hall–Kier alpha value is -2.47. The number of likely N-dealkylation sites (tertiary alicyclic amines) is 1. The summed E-state index contributed by atoms with van der Waals surface area (Å²) >= 11 is 0. The van der Waals surface area contributed by atoms with Crippen LogP contribution in [0.1, 0.15) is 48.2 Å². The second kappa shape index (κ2) is 9.13. The van der Waals surface area contributed by atoms with Crippen LogP contribution in [0.4, 0.5) is 4.39 Å². The Morgan fingerprint density at radius 1 is 1.27 bits per heavy atom. The summed E-state index contributed by atoms with van der Waals surface area (Å²) in [6.45, 7) is 4.69.